The topological polar surface area (TPSA) is 80.6 Å². The first kappa shape index (κ1) is 22.3. The minimum Gasteiger partial charge on any atom is -0.444 e. The normalized spacial score (nSPS) is 20.0. The number of hydrogen-bond donors (Lipinski definition) is 0. The average molecular weight is 436 g/mol. The van der Waals surface area contributed by atoms with Gasteiger partial charge in [-0.15, -0.1) is 0 Å². The van der Waals surface area contributed by atoms with E-state index in [2.05, 4.69) is 21.8 Å². The molecule has 9 heteroatoms. The Bertz CT molecular complexity index is 1000. The molecule has 2 aromatic heterocycles. The van der Waals surface area contributed by atoms with Crippen molar-refractivity contribution in [1.82, 2.24) is 19.4 Å². The van der Waals surface area contributed by atoms with Crippen molar-refractivity contribution in [2.24, 2.45) is 7.05 Å². The van der Waals surface area contributed by atoms with Crippen LogP contribution in [0.5, 0.6) is 0 Å². The molecule has 0 bridgehead atoms. The molecule has 1 unspecified atom stereocenters. The number of aromatic nitrogens is 3. The number of hydrogen-bond acceptors (Lipinski definition) is 6. The monoisotopic (exact) mass is 435 g/mol. The van der Waals surface area contributed by atoms with Gasteiger partial charge in [-0.05, 0) is 46.2 Å². The number of halogens is 1. The summed E-state index contributed by atoms with van der Waals surface area (Å²) < 4.78 is 7.10. The molecule has 1 fully saturated rings. The Balaban J connectivity index is 2.01. The van der Waals surface area contributed by atoms with E-state index >= 15 is 0 Å². The van der Waals surface area contributed by atoms with Crippen LogP contribution in [0.1, 0.15) is 47.5 Å². The first-order valence-electron chi connectivity index (χ1n) is 10.3. The van der Waals surface area contributed by atoms with Crippen molar-refractivity contribution in [3.8, 4) is 0 Å². The molecule has 164 valence electrons. The molecule has 1 amide bonds. The second kappa shape index (κ2) is 8.41. The molecule has 0 spiro atoms. The van der Waals surface area contributed by atoms with Gasteiger partial charge in [0.25, 0.3) is 0 Å². The maximum absolute atomic E-state index is 12.8. The van der Waals surface area contributed by atoms with Crippen LogP contribution in [0.3, 0.4) is 0 Å². The number of aryl methyl sites for hydroxylation is 1. The first-order chi connectivity index (χ1) is 14.0. The van der Waals surface area contributed by atoms with Gasteiger partial charge in [0.1, 0.15) is 16.3 Å². The summed E-state index contributed by atoms with van der Waals surface area (Å²) in [6.07, 6.45) is 1.43. The van der Waals surface area contributed by atoms with Gasteiger partial charge >= 0.3 is 11.8 Å². The number of pyridine rings is 1. The zero-order valence-corrected chi connectivity index (χ0v) is 19.2. The van der Waals surface area contributed by atoms with Gasteiger partial charge in [0.15, 0.2) is 5.82 Å². The maximum Gasteiger partial charge on any atom is 0.410 e. The predicted molar refractivity (Wildman–Crippen MR) is 118 cm³/mol. The number of fused-ring (bicyclic) bond motifs is 1. The van der Waals surface area contributed by atoms with Crippen molar-refractivity contribution in [1.29, 1.82) is 0 Å². The van der Waals surface area contributed by atoms with Crippen LogP contribution in [-0.4, -0.2) is 56.3 Å². The molecule has 1 aliphatic rings. The molecule has 8 nitrogen and oxygen atoms in total. The summed E-state index contributed by atoms with van der Waals surface area (Å²) in [5.41, 5.74) is 0.342. The summed E-state index contributed by atoms with van der Waals surface area (Å²) in [7, 11) is 1.67. The lowest BCUT2D eigenvalue weighted by molar-refractivity contribution is 0.00999. The zero-order chi connectivity index (χ0) is 22.2. The fourth-order valence-electron chi connectivity index (χ4n) is 3.84. The highest BCUT2D eigenvalue weighted by Gasteiger charge is 2.37. The molecule has 0 radical (unpaired) electrons. The molecular formula is C21H30ClN5O3. The summed E-state index contributed by atoms with van der Waals surface area (Å²) in [6.45, 7) is 10.7. The second-order valence-corrected chi connectivity index (χ2v) is 9.24. The van der Waals surface area contributed by atoms with Gasteiger partial charge in [0.2, 0.25) is 0 Å². The van der Waals surface area contributed by atoms with Gasteiger partial charge in [-0.2, -0.15) is 4.98 Å². The van der Waals surface area contributed by atoms with Crippen LogP contribution < -0.4 is 10.6 Å². The lowest BCUT2D eigenvalue weighted by Crippen LogP contribution is -2.60. The Morgan fingerprint density at radius 3 is 2.60 bits per heavy atom. The molecule has 2 atom stereocenters. The van der Waals surface area contributed by atoms with E-state index in [1.165, 1.54) is 4.57 Å². The van der Waals surface area contributed by atoms with Gasteiger partial charge in [-0.1, -0.05) is 24.9 Å². The first-order valence-corrected chi connectivity index (χ1v) is 10.7. The maximum atomic E-state index is 12.8. The summed E-state index contributed by atoms with van der Waals surface area (Å²) in [6, 6.07) is 3.31. The van der Waals surface area contributed by atoms with E-state index in [9.17, 15) is 9.59 Å². The smallest absolute Gasteiger partial charge is 0.410 e. The van der Waals surface area contributed by atoms with E-state index in [0.29, 0.717) is 35.1 Å². The standard InChI is InChI=1S/C21H30ClN5O3/c1-7-8-14-12-26(13(2)11-27(14)20(29)30-21(3,4)5)18-17-15(9-10-16(22)23-17)25(6)19(28)24-18/h9-10,13-14H,7-8,11-12H2,1-6H3/t13?,14-/m0/s1. The molecule has 1 aliphatic heterocycles. The van der Waals surface area contributed by atoms with Gasteiger partial charge in [-0.3, -0.25) is 4.57 Å². The number of anilines is 1. The van der Waals surface area contributed by atoms with E-state index in [1.54, 1.807) is 24.1 Å². The molecular weight excluding hydrogens is 406 g/mol. The van der Waals surface area contributed by atoms with Gasteiger partial charge in [0.05, 0.1) is 11.6 Å². The molecule has 0 saturated carbocycles. The number of carbonyl (C=O) groups excluding carboxylic acids is 1. The Labute approximate surface area is 181 Å². The van der Waals surface area contributed by atoms with E-state index in [4.69, 9.17) is 16.3 Å². The fourth-order valence-corrected chi connectivity index (χ4v) is 3.99. The third kappa shape index (κ3) is 4.53. The van der Waals surface area contributed by atoms with Crippen LogP contribution in [0.4, 0.5) is 10.6 Å². The number of carbonyl (C=O) groups is 1. The zero-order valence-electron chi connectivity index (χ0n) is 18.5. The highest BCUT2D eigenvalue weighted by atomic mass is 35.5. The van der Waals surface area contributed by atoms with Crippen molar-refractivity contribution in [3.63, 3.8) is 0 Å². The molecule has 30 heavy (non-hydrogen) atoms. The summed E-state index contributed by atoms with van der Waals surface area (Å²) in [5, 5.41) is 0.342. The summed E-state index contributed by atoms with van der Waals surface area (Å²) >= 11 is 6.15. The molecule has 1 saturated heterocycles. The Kier molecular flexibility index (Phi) is 6.26. The molecule has 0 aliphatic carbocycles. The molecule has 3 rings (SSSR count). The minimum absolute atomic E-state index is 0.0545. The Morgan fingerprint density at radius 1 is 1.27 bits per heavy atom. The number of ether oxygens (including phenoxy) is 1. The number of piperazine rings is 1. The lowest BCUT2D eigenvalue weighted by atomic mass is 10.0. The molecule has 0 N–H and O–H groups in total. The SMILES string of the molecule is CCC[C@H]1CN(c2nc(=O)n(C)c3ccc(Cl)nc23)C(C)CN1C(=O)OC(C)(C)C. The number of amides is 1. The van der Waals surface area contributed by atoms with Gasteiger partial charge in [-0.25, -0.2) is 14.6 Å². The molecule has 0 aromatic carbocycles. The van der Waals surface area contributed by atoms with Gasteiger partial charge < -0.3 is 14.5 Å². The number of rotatable bonds is 3. The van der Waals surface area contributed by atoms with Crippen LogP contribution in [-0.2, 0) is 11.8 Å². The highest BCUT2D eigenvalue weighted by Crippen LogP contribution is 2.29. The Morgan fingerprint density at radius 2 is 1.97 bits per heavy atom. The van der Waals surface area contributed by atoms with Gasteiger partial charge in [0, 0.05) is 26.2 Å². The van der Waals surface area contributed by atoms with Crippen molar-refractivity contribution in [2.45, 2.75) is 65.1 Å². The van der Waals surface area contributed by atoms with Crippen LogP contribution in [0.2, 0.25) is 5.15 Å². The Hall–Kier alpha value is -2.35. The molecule has 2 aromatic rings. The van der Waals surface area contributed by atoms with Crippen molar-refractivity contribution in [3.05, 3.63) is 27.8 Å². The summed E-state index contributed by atoms with van der Waals surface area (Å²) in [5.74, 6) is 0.507. The third-order valence-electron chi connectivity index (χ3n) is 5.26. The van der Waals surface area contributed by atoms with E-state index < -0.39 is 5.60 Å². The van der Waals surface area contributed by atoms with Crippen molar-refractivity contribution in [2.75, 3.05) is 18.0 Å². The minimum atomic E-state index is -0.557. The van der Waals surface area contributed by atoms with Crippen molar-refractivity contribution >= 4 is 34.5 Å². The van der Waals surface area contributed by atoms with Crippen LogP contribution in [0, 0.1) is 0 Å². The quantitative estimate of drug-likeness (QED) is 0.685. The third-order valence-corrected chi connectivity index (χ3v) is 5.48. The lowest BCUT2D eigenvalue weighted by Gasteiger charge is -2.46. The molecule has 3 heterocycles. The largest absolute Gasteiger partial charge is 0.444 e. The van der Waals surface area contributed by atoms with Crippen LogP contribution in [0.25, 0.3) is 11.0 Å². The van der Waals surface area contributed by atoms with Crippen LogP contribution in [0.15, 0.2) is 16.9 Å². The van der Waals surface area contributed by atoms with E-state index in [0.717, 1.165) is 12.8 Å². The van der Waals surface area contributed by atoms with Crippen LogP contribution >= 0.6 is 11.6 Å². The van der Waals surface area contributed by atoms with E-state index in [1.807, 2.05) is 27.7 Å². The highest BCUT2D eigenvalue weighted by molar-refractivity contribution is 6.29. The van der Waals surface area contributed by atoms with Crippen molar-refractivity contribution < 1.29 is 9.53 Å². The fraction of sp³-hybridized carbons (Fsp3) is 0.619. The second-order valence-electron chi connectivity index (χ2n) is 8.86. The predicted octanol–water partition coefficient (Wildman–Crippen LogP) is 3.60. The average Bonchev–Trinajstić information content (AvgIpc) is 2.64. The summed E-state index contributed by atoms with van der Waals surface area (Å²) in [4.78, 5) is 38.0. The van der Waals surface area contributed by atoms with E-state index in [-0.39, 0.29) is 23.9 Å². The number of nitrogens with zero attached hydrogens (tertiary/aromatic N) is 5.